The molecule has 0 bridgehead atoms. The quantitative estimate of drug-likeness (QED) is 0.726. The molecule has 0 aromatic heterocycles. The Hall–Kier alpha value is -2.45. The van der Waals surface area contributed by atoms with E-state index in [1.165, 1.54) is 0 Å². The van der Waals surface area contributed by atoms with Crippen LogP contribution in [0.1, 0.15) is 32.3 Å². The van der Waals surface area contributed by atoms with Gasteiger partial charge in [-0.1, -0.05) is 6.07 Å². The Kier molecular flexibility index (Phi) is 7.53. The third kappa shape index (κ3) is 5.53. The number of hydrogen-bond donors (Lipinski definition) is 1. The molecule has 1 aromatic carbocycles. The van der Waals surface area contributed by atoms with Crippen molar-refractivity contribution in [2.24, 2.45) is 0 Å². The zero-order chi connectivity index (χ0) is 20.7. The fourth-order valence-electron chi connectivity index (χ4n) is 3.14. The first kappa shape index (κ1) is 21.8. The number of rotatable bonds is 8. The van der Waals surface area contributed by atoms with Crippen LogP contribution >= 0.6 is 0 Å². The molecule has 2 rings (SSSR count). The summed E-state index contributed by atoms with van der Waals surface area (Å²) in [6, 6.07) is 4.37. The fraction of sp³-hybridized carbons (Fsp3) is 0.579. The summed E-state index contributed by atoms with van der Waals surface area (Å²) in [6.45, 7) is 4.89. The third-order valence-corrected chi connectivity index (χ3v) is 4.38. The lowest BCUT2D eigenvalue weighted by atomic mass is 10.1. The maximum atomic E-state index is 12.7. The molecule has 1 heterocycles. The highest BCUT2D eigenvalue weighted by Crippen LogP contribution is 2.29. The molecule has 1 aliphatic rings. The minimum absolute atomic E-state index is 0.0625. The van der Waals surface area contributed by atoms with Gasteiger partial charge in [0.2, 0.25) is 5.91 Å². The molecule has 0 spiro atoms. The van der Waals surface area contributed by atoms with Crippen LogP contribution in [0.15, 0.2) is 18.2 Å². The van der Waals surface area contributed by atoms with E-state index in [2.05, 4.69) is 5.32 Å². The molecule has 9 heteroatoms. The molecule has 2 amide bonds. The molecule has 1 atom stereocenters. The summed E-state index contributed by atoms with van der Waals surface area (Å²) in [6.07, 6.45) is -3.90. The van der Waals surface area contributed by atoms with Crippen molar-refractivity contribution in [2.45, 2.75) is 45.3 Å². The number of alkyl halides is 3. The van der Waals surface area contributed by atoms with Crippen LogP contribution in [-0.2, 0) is 16.0 Å². The predicted octanol–water partition coefficient (Wildman–Crippen LogP) is 2.70. The Morgan fingerprint density at radius 1 is 1.18 bits per heavy atom. The van der Waals surface area contributed by atoms with Crippen molar-refractivity contribution in [3.63, 3.8) is 0 Å². The van der Waals surface area contributed by atoms with E-state index in [9.17, 15) is 22.8 Å². The van der Waals surface area contributed by atoms with Crippen molar-refractivity contribution >= 4 is 11.8 Å². The Morgan fingerprint density at radius 2 is 1.86 bits per heavy atom. The first-order chi connectivity index (χ1) is 13.3. The largest absolute Gasteiger partial charge is 0.490 e. The Labute approximate surface area is 162 Å². The van der Waals surface area contributed by atoms with Crippen LogP contribution in [0.25, 0.3) is 0 Å². The summed E-state index contributed by atoms with van der Waals surface area (Å²) >= 11 is 0. The van der Waals surface area contributed by atoms with Crippen LogP contribution in [-0.4, -0.2) is 55.2 Å². The monoisotopic (exact) mass is 402 g/mol. The van der Waals surface area contributed by atoms with E-state index in [1.807, 2.05) is 26.0 Å². The van der Waals surface area contributed by atoms with E-state index in [1.54, 1.807) is 6.07 Å². The minimum atomic E-state index is -4.97. The SMILES string of the molecule is CCOc1ccc(CCNC(=O)C2CCCN2C(=O)C(F)(F)F)cc1OCC. The van der Waals surface area contributed by atoms with Crippen LogP contribution in [0.3, 0.4) is 0 Å². The Morgan fingerprint density at radius 3 is 2.50 bits per heavy atom. The van der Waals surface area contributed by atoms with Gasteiger partial charge in [-0.2, -0.15) is 13.2 Å². The molecule has 1 fully saturated rings. The number of halogens is 3. The lowest BCUT2D eigenvalue weighted by molar-refractivity contribution is -0.186. The summed E-state index contributed by atoms with van der Waals surface area (Å²) in [5, 5.41) is 2.63. The van der Waals surface area contributed by atoms with Gasteiger partial charge in [-0.3, -0.25) is 9.59 Å². The number of likely N-dealkylation sites (tertiary alicyclic amines) is 1. The first-order valence-electron chi connectivity index (χ1n) is 9.32. The summed E-state index contributed by atoms with van der Waals surface area (Å²) in [4.78, 5) is 24.3. The van der Waals surface area contributed by atoms with Crippen molar-refractivity contribution in [2.75, 3.05) is 26.3 Å². The van der Waals surface area contributed by atoms with Gasteiger partial charge in [0.05, 0.1) is 13.2 Å². The average molecular weight is 402 g/mol. The number of ether oxygens (including phenoxy) is 2. The fourth-order valence-corrected chi connectivity index (χ4v) is 3.14. The zero-order valence-corrected chi connectivity index (χ0v) is 16.0. The molecule has 1 aromatic rings. The highest BCUT2D eigenvalue weighted by Gasteiger charge is 2.47. The first-order valence-corrected chi connectivity index (χ1v) is 9.32. The van der Waals surface area contributed by atoms with Gasteiger partial charge in [0.15, 0.2) is 11.5 Å². The summed E-state index contributed by atoms with van der Waals surface area (Å²) in [5.74, 6) is -1.29. The molecular formula is C19H25F3N2O4. The summed E-state index contributed by atoms with van der Waals surface area (Å²) in [5.41, 5.74) is 0.891. The van der Waals surface area contributed by atoms with E-state index in [0.29, 0.717) is 42.5 Å². The molecule has 0 saturated carbocycles. The van der Waals surface area contributed by atoms with Gasteiger partial charge in [0.1, 0.15) is 6.04 Å². The Balaban J connectivity index is 1.93. The van der Waals surface area contributed by atoms with Gasteiger partial charge in [0, 0.05) is 13.1 Å². The molecule has 156 valence electrons. The van der Waals surface area contributed by atoms with Crippen LogP contribution in [0.5, 0.6) is 11.5 Å². The number of amides is 2. The van der Waals surface area contributed by atoms with Gasteiger partial charge in [0.25, 0.3) is 0 Å². The van der Waals surface area contributed by atoms with Gasteiger partial charge in [-0.25, -0.2) is 0 Å². The lowest BCUT2D eigenvalue weighted by Gasteiger charge is -2.24. The second-order valence-electron chi connectivity index (χ2n) is 6.34. The molecule has 6 nitrogen and oxygen atoms in total. The van der Waals surface area contributed by atoms with Gasteiger partial charge in [-0.05, 0) is 50.8 Å². The number of carbonyl (C=O) groups excluding carboxylic acids is 2. The standard InChI is InChI=1S/C19H25F3N2O4/c1-3-27-15-8-7-13(12-16(15)28-4-2)9-10-23-17(25)14-6-5-11-24(14)18(26)19(20,21)22/h7-8,12,14H,3-6,9-11H2,1-2H3,(H,23,25). The second-order valence-corrected chi connectivity index (χ2v) is 6.34. The van der Waals surface area contributed by atoms with E-state index in [4.69, 9.17) is 9.47 Å². The molecule has 1 unspecified atom stereocenters. The van der Waals surface area contributed by atoms with Crippen LogP contribution < -0.4 is 14.8 Å². The summed E-state index contributed by atoms with van der Waals surface area (Å²) in [7, 11) is 0. The molecule has 1 aliphatic heterocycles. The van der Waals surface area contributed by atoms with Crippen molar-refractivity contribution in [1.82, 2.24) is 10.2 Å². The van der Waals surface area contributed by atoms with Gasteiger partial charge >= 0.3 is 12.1 Å². The maximum Gasteiger partial charge on any atom is 0.471 e. The molecular weight excluding hydrogens is 377 g/mol. The van der Waals surface area contributed by atoms with E-state index >= 15 is 0 Å². The number of hydrogen-bond acceptors (Lipinski definition) is 4. The Bertz CT molecular complexity index is 694. The van der Waals surface area contributed by atoms with Crippen molar-refractivity contribution in [1.29, 1.82) is 0 Å². The second kappa shape index (κ2) is 9.66. The number of nitrogens with one attached hydrogen (secondary N) is 1. The van der Waals surface area contributed by atoms with Gasteiger partial charge in [-0.15, -0.1) is 0 Å². The lowest BCUT2D eigenvalue weighted by Crippen LogP contribution is -2.50. The van der Waals surface area contributed by atoms with E-state index < -0.39 is 24.0 Å². The summed E-state index contributed by atoms with van der Waals surface area (Å²) < 4.78 is 49.0. The van der Waals surface area contributed by atoms with Crippen molar-refractivity contribution < 1.29 is 32.2 Å². The van der Waals surface area contributed by atoms with E-state index in [0.717, 1.165) is 5.56 Å². The molecule has 0 radical (unpaired) electrons. The normalized spacial score (nSPS) is 16.8. The number of benzene rings is 1. The van der Waals surface area contributed by atoms with Crippen LogP contribution in [0, 0.1) is 0 Å². The van der Waals surface area contributed by atoms with Crippen molar-refractivity contribution in [3.8, 4) is 11.5 Å². The van der Waals surface area contributed by atoms with Crippen LogP contribution in [0.2, 0.25) is 0 Å². The maximum absolute atomic E-state index is 12.7. The molecule has 28 heavy (non-hydrogen) atoms. The highest BCUT2D eigenvalue weighted by atomic mass is 19.4. The van der Waals surface area contributed by atoms with Gasteiger partial charge < -0.3 is 19.7 Å². The topological polar surface area (TPSA) is 67.9 Å². The molecule has 1 N–H and O–H groups in total. The molecule has 0 aliphatic carbocycles. The number of nitrogens with zero attached hydrogens (tertiary/aromatic N) is 1. The van der Waals surface area contributed by atoms with Crippen LogP contribution in [0.4, 0.5) is 13.2 Å². The third-order valence-electron chi connectivity index (χ3n) is 4.38. The molecule has 1 saturated heterocycles. The predicted molar refractivity (Wildman–Crippen MR) is 96.3 cm³/mol. The minimum Gasteiger partial charge on any atom is -0.490 e. The van der Waals surface area contributed by atoms with E-state index in [-0.39, 0.29) is 19.5 Å². The van der Waals surface area contributed by atoms with Crippen molar-refractivity contribution in [3.05, 3.63) is 23.8 Å². The smallest absolute Gasteiger partial charge is 0.471 e. The zero-order valence-electron chi connectivity index (χ0n) is 16.0. The number of carbonyl (C=O) groups is 2. The highest BCUT2D eigenvalue weighted by molar-refractivity contribution is 5.90. The average Bonchev–Trinajstić information content (AvgIpc) is 3.12.